The van der Waals surface area contributed by atoms with Crippen molar-refractivity contribution in [3.8, 4) is 6.07 Å². The fourth-order valence-corrected chi connectivity index (χ4v) is 2.94. The van der Waals surface area contributed by atoms with E-state index in [9.17, 15) is 0 Å². The smallest absolute Gasteiger partial charge is 0.0703 e. The molecule has 1 saturated heterocycles. The third kappa shape index (κ3) is 1.23. The third-order valence-corrected chi connectivity index (χ3v) is 3.33. The molecule has 0 spiro atoms. The van der Waals surface area contributed by atoms with E-state index < -0.39 is 0 Å². The van der Waals surface area contributed by atoms with Crippen molar-refractivity contribution < 1.29 is 0 Å². The zero-order valence-corrected chi connectivity index (χ0v) is 7.71. The van der Waals surface area contributed by atoms with E-state index in [-0.39, 0.29) is 5.41 Å². The van der Waals surface area contributed by atoms with Gasteiger partial charge in [0, 0.05) is 13.1 Å². The Kier molecular flexibility index (Phi) is 1.84. The Morgan fingerprint density at radius 3 is 3.17 bits per heavy atom. The highest BCUT2D eigenvalue weighted by molar-refractivity contribution is 5.06. The van der Waals surface area contributed by atoms with E-state index in [1.165, 1.54) is 19.4 Å². The lowest BCUT2D eigenvalue weighted by molar-refractivity contribution is 0.0620. The number of nitrogens with zero attached hydrogens (tertiary/aromatic N) is 2. The molecule has 2 heteroatoms. The molecule has 2 aliphatic rings. The molecule has 1 heterocycles. The molecule has 2 fully saturated rings. The van der Waals surface area contributed by atoms with Crippen LogP contribution in [0.2, 0.25) is 0 Å². The second kappa shape index (κ2) is 2.74. The largest absolute Gasteiger partial charge is 0.305 e. The molecule has 2 atom stereocenters. The summed E-state index contributed by atoms with van der Waals surface area (Å²) in [4.78, 5) is 2.33. The fourth-order valence-electron chi connectivity index (χ4n) is 2.94. The van der Waals surface area contributed by atoms with E-state index in [2.05, 4.69) is 18.0 Å². The molecule has 1 aliphatic heterocycles. The Morgan fingerprint density at radius 2 is 2.42 bits per heavy atom. The summed E-state index contributed by atoms with van der Waals surface area (Å²) in [6.07, 6.45) is 4.90. The van der Waals surface area contributed by atoms with E-state index in [1.807, 2.05) is 0 Å². The van der Waals surface area contributed by atoms with Crippen LogP contribution in [0.5, 0.6) is 0 Å². The summed E-state index contributed by atoms with van der Waals surface area (Å²) in [5.74, 6) is 0.803. The standard InChI is InChI=1S/C10H16N2/c1-12-6-9-3-2-4-10(5-9,7-11)8-12/h9H,2-6,8H2,1H3. The molecule has 2 bridgehead atoms. The highest BCUT2D eigenvalue weighted by Gasteiger charge is 2.41. The minimum absolute atomic E-state index is 0.0237. The van der Waals surface area contributed by atoms with Gasteiger partial charge in [0.05, 0.1) is 11.5 Å². The SMILES string of the molecule is CN1CC2CCCC(C#N)(C2)C1. The highest BCUT2D eigenvalue weighted by atomic mass is 15.1. The molecule has 12 heavy (non-hydrogen) atoms. The van der Waals surface area contributed by atoms with Gasteiger partial charge in [0.15, 0.2) is 0 Å². The normalized spacial score (nSPS) is 42.2. The molecular weight excluding hydrogens is 148 g/mol. The van der Waals surface area contributed by atoms with Crippen molar-refractivity contribution >= 4 is 0 Å². The number of fused-ring (bicyclic) bond motifs is 2. The predicted molar refractivity (Wildman–Crippen MR) is 47.5 cm³/mol. The van der Waals surface area contributed by atoms with Crippen molar-refractivity contribution in [1.29, 1.82) is 5.26 Å². The number of likely N-dealkylation sites (tertiary alicyclic amines) is 1. The Hall–Kier alpha value is -0.550. The average molecular weight is 164 g/mol. The quantitative estimate of drug-likeness (QED) is 0.544. The zero-order valence-electron chi connectivity index (χ0n) is 7.71. The van der Waals surface area contributed by atoms with E-state index in [0.29, 0.717) is 0 Å². The van der Waals surface area contributed by atoms with Gasteiger partial charge in [-0.05, 0) is 32.2 Å². The molecule has 0 N–H and O–H groups in total. The second-order valence-corrected chi connectivity index (χ2v) is 4.55. The molecule has 2 rings (SSSR count). The first kappa shape index (κ1) is 8.07. The summed E-state index contributed by atoms with van der Waals surface area (Å²) < 4.78 is 0. The van der Waals surface area contributed by atoms with Crippen molar-refractivity contribution in [3.63, 3.8) is 0 Å². The molecule has 0 aromatic rings. The molecule has 0 amide bonds. The Morgan fingerprint density at radius 1 is 1.58 bits per heavy atom. The number of hydrogen-bond acceptors (Lipinski definition) is 2. The van der Waals surface area contributed by atoms with Gasteiger partial charge in [0.2, 0.25) is 0 Å². The Balaban J connectivity index is 2.17. The van der Waals surface area contributed by atoms with Gasteiger partial charge < -0.3 is 4.90 Å². The van der Waals surface area contributed by atoms with Crippen LogP contribution in [0, 0.1) is 22.7 Å². The van der Waals surface area contributed by atoms with Crippen LogP contribution in [0.4, 0.5) is 0 Å². The van der Waals surface area contributed by atoms with Crippen LogP contribution >= 0.6 is 0 Å². The highest BCUT2D eigenvalue weighted by Crippen LogP contribution is 2.42. The first-order chi connectivity index (χ1) is 5.74. The lowest BCUT2D eigenvalue weighted by Crippen LogP contribution is -2.47. The number of rotatable bonds is 0. The molecule has 1 aliphatic carbocycles. The van der Waals surface area contributed by atoms with E-state index >= 15 is 0 Å². The van der Waals surface area contributed by atoms with Gasteiger partial charge >= 0.3 is 0 Å². The number of piperidine rings is 1. The average Bonchev–Trinajstić information content (AvgIpc) is 2.03. The maximum absolute atomic E-state index is 9.13. The van der Waals surface area contributed by atoms with E-state index in [1.54, 1.807) is 0 Å². The first-order valence-electron chi connectivity index (χ1n) is 4.84. The van der Waals surface area contributed by atoms with Crippen LogP contribution < -0.4 is 0 Å². The minimum Gasteiger partial charge on any atom is -0.305 e. The summed E-state index contributed by atoms with van der Waals surface area (Å²) in [5, 5.41) is 9.13. The molecule has 0 aromatic carbocycles. The van der Waals surface area contributed by atoms with Crippen molar-refractivity contribution in [2.75, 3.05) is 20.1 Å². The van der Waals surface area contributed by atoms with Gasteiger partial charge in [-0.15, -0.1) is 0 Å². The topological polar surface area (TPSA) is 27.0 Å². The van der Waals surface area contributed by atoms with E-state index in [4.69, 9.17) is 5.26 Å². The zero-order chi connectivity index (χ0) is 8.60. The second-order valence-electron chi connectivity index (χ2n) is 4.55. The predicted octanol–water partition coefficient (Wildman–Crippen LogP) is 1.63. The minimum atomic E-state index is 0.0237. The summed E-state index contributed by atoms with van der Waals surface area (Å²) >= 11 is 0. The summed E-state index contributed by atoms with van der Waals surface area (Å²) in [6, 6.07) is 2.54. The van der Waals surface area contributed by atoms with Crippen molar-refractivity contribution in [2.45, 2.75) is 25.7 Å². The van der Waals surface area contributed by atoms with Crippen LogP contribution in [-0.4, -0.2) is 25.0 Å². The van der Waals surface area contributed by atoms with Gasteiger partial charge in [0.25, 0.3) is 0 Å². The van der Waals surface area contributed by atoms with Crippen LogP contribution in [0.25, 0.3) is 0 Å². The summed E-state index contributed by atoms with van der Waals surface area (Å²) in [5.41, 5.74) is 0.0237. The van der Waals surface area contributed by atoms with Gasteiger partial charge in [-0.1, -0.05) is 6.42 Å². The van der Waals surface area contributed by atoms with Crippen molar-refractivity contribution in [3.05, 3.63) is 0 Å². The summed E-state index contributed by atoms with van der Waals surface area (Å²) in [6.45, 7) is 2.21. The van der Waals surface area contributed by atoms with Gasteiger partial charge in [0.1, 0.15) is 0 Å². The lowest BCUT2D eigenvalue weighted by Gasteiger charge is -2.44. The van der Waals surface area contributed by atoms with Crippen LogP contribution in [0.15, 0.2) is 0 Å². The molecule has 2 unspecified atom stereocenters. The van der Waals surface area contributed by atoms with Gasteiger partial charge in [-0.2, -0.15) is 5.26 Å². The Bertz CT molecular complexity index is 214. The van der Waals surface area contributed by atoms with Crippen molar-refractivity contribution in [1.82, 2.24) is 4.90 Å². The number of hydrogen-bond donors (Lipinski definition) is 0. The van der Waals surface area contributed by atoms with Gasteiger partial charge in [-0.3, -0.25) is 0 Å². The van der Waals surface area contributed by atoms with Crippen molar-refractivity contribution in [2.24, 2.45) is 11.3 Å². The third-order valence-electron chi connectivity index (χ3n) is 3.33. The maximum Gasteiger partial charge on any atom is 0.0703 e. The molecule has 0 radical (unpaired) electrons. The molecule has 66 valence electrons. The Labute approximate surface area is 74.2 Å². The van der Waals surface area contributed by atoms with Crippen LogP contribution in [-0.2, 0) is 0 Å². The monoisotopic (exact) mass is 164 g/mol. The first-order valence-corrected chi connectivity index (χ1v) is 4.84. The number of nitriles is 1. The summed E-state index contributed by atoms with van der Waals surface area (Å²) in [7, 11) is 2.14. The van der Waals surface area contributed by atoms with Crippen LogP contribution in [0.1, 0.15) is 25.7 Å². The molecule has 1 saturated carbocycles. The van der Waals surface area contributed by atoms with E-state index in [0.717, 1.165) is 25.3 Å². The van der Waals surface area contributed by atoms with Gasteiger partial charge in [-0.25, -0.2) is 0 Å². The maximum atomic E-state index is 9.13. The molecule has 0 aromatic heterocycles. The van der Waals surface area contributed by atoms with Crippen LogP contribution in [0.3, 0.4) is 0 Å². The lowest BCUT2D eigenvalue weighted by atomic mass is 9.67. The molecule has 2 nitrogen and oxygen atoms in total. The molecular formula is C10H16N2. The fraction of sp³-hybridized carbons (Fsp3) is 0.900.